The summed E-state index contributed by atoms with van der Waals surface area (Å²) in [5, 5.41) is 23.5. The Labute approximate surface area is 217 Å². The second kappa shape index (κ2) is 8.51. The van der Waals surface area contributed by atoms with Crippen LogP contribution in [0.2, 0.25) is 0 Å². The lowest BCUT2D eigenvalue weighted by atomic mass is 9.44. The normalized spacial score (nSPS) is 49.7. The van der Waals surface area contributed by atoms with Gasteiger partial charge in [-0.1, -0.05) is 32.3 Å². The maximum atomic E-state index is 17.4. The minimum absolute atomic E-state index is 0.0359. The number of carbonyl (C=O) groups excluding carboxylic acids is 2. The monoisotopic (exact) mass is 519 g/mol. The number of hydroxylamine groups is 2. The second-order valence-corrected chi connectivity index (χ2v) is 13.1. The number of alkyl halides is 2. The third kappa shape index (κ3) is 3.22. The van der Waals surface area contributed by atoms with Crippen molar-refractivity contribution >= 4 is 11.6 Å². The van der Waals surface area contributed by atoms with Gasteiger partial charge < -0.3 is 10.2 Å². The molecule has 0 bridgehead atoms. The average Bonchev–Trinajstić information content (AvgIpc) is 3.34. The third-order valence-electron chi connectivity index (χ3n) is 11.4. The maximum Gasteiger partial charge on any atom is 0.192 e. The second-order valence-electron chi connectivity index (χ2n) is 13.1. The van der Waals surface area contributed by atoms with E-state index >= 15 is 8.78 Å². The van der Waals surface area contributed by atoms with E-state index < -0.39 is 58.6 Å². The Bertz CT molecular complexity index is 1060. The van der Waals surface area contributed by atoms with Crippen LogP contribution in [0.15, 0.2) is 23.8 Å². The number of ketones is 2. The van der Waals surface area contributed by atoms with Crippen molar-refractivity contribution in [2.45, 2.75) is 88.8 Å². The van der Waals surface area contributed by atoms with Gasteiger partial charge in [0.05, 0.1) is 6.10 Å². The number of hydrogen-bond acceptors (Lipinski definition) is 6. The van der Waals surface area contributed by atoms with Crippen molar-refractivity contribution in [1.29, 1.82) is 0 Å². The molecule has 0 aromatic heterocycles. The number of carbonyl (C=O) groups is 2. The van der Waals surface area contributed by atoms with Gasteiger partial charge >= 0.3 is 0 Å². The molecule has 6 nitrogen and oxygen atoms in total. The van der Waals surface area contributed by atoms with E-state index in [9.17, 15) is 19.8 Å². The number of fused-ring (bicyclic) bond motifs is 7. The van der Waals surface area contributed by atoms with E-state index in [4.69, 9.17) is 4.84 Å². The number of allylic oxidation sites excluding steroid dienone is 4. The van der Waals surface area contributed by atoms with Gasteiger partial charge in [0, 0.05) is 35.8 Å². The maximum absolute atomic E-state index is 17.4. The van der Waals surface area contributed by atoms with Crippen LogP contribution in [0.3, 0.4) is 0 Å². The number of nitrogens with zero attached hydrogens (tertiary/aromatic N) is 1. The molecule has 2 N–H and O–H groups in total. The topological polar surface area (TPSA) is 87.1 Å². The first-order chi connectivity index (χ1) is 17.5. The fourth-order valence-electron chi connectivity index (χ4n) is 9.71. The summed E-state index contributed by atoms with van der Waals surface area (Å²) >= 11 is 0. The van der Waals surface area contributed by atoms with Crippen LogP contribution in [0, 0.1) is 34.5 Å². The lowest BCUT2D eigenvalue weighted by Gasteiger charge is -2.63. The third-order valence-corrected chi connectivity index (χ3v) is 11.4. The number of Topliss-reactive ketones (excluding diaryl/α,β-unsaturated/α-hetero) is 1. The standard InChI is InChI=1S/C29H39F2NO5/c1-26-9-8-19(34)11-22(26)23(30)12-21-20-10-18-15-32(14-17-6-4-3-5-7-17)37-29(18,25(36)16-33)27(20,2)13-24(35)28(21,26)31/h8-9,11,17-18,20-21,23-24,33,35H,3-7,10,12-16H2,1-2H3/t18-,20-,21-,23-,24-,26-,27-,28-,29-/m0/s1. The molecule has 0 radical (unpaired) electrons. The SMILES string of the molecule is C[C@]12C=CC(=O)C=C1[C@@H](F)C[C@H]1[C@@H]3C[C@H]4CN(CC5CCCCC5)O[C@@]4(C(=O)CO)[C@@]3(C)C[C@H](O)[C@@]12F. The van der Waals surface area contributed by atoms with Crippen LogP contribution in [0.1, 0.15) is 65.2 Å². The number of aliphatic hydroxyl groups is 2. The van der Waals surface area contributed by atoms with Crippen LogP contribution in [-0.4, -0.2) is 70.1 Å². The van der Waals surface area contributed by atoms with Crippen LogP contribution in [0.25, 0.3) is 0 Å². The van der Waals surface area contributed by atoms with E-state index in [1.165, 1.54) is 37.5 Å². The fourth-order valence-corrected chi connectivity index (χ4v) is 9.71. The minimum atomic E-state index is -2.19. The van der Waals surface area contributed by atoms with E-state index in [1.54, 1.807) is 6.92 Å². The Balaban J connectivity index is 1.38. The van der Waals surface area contributed by atoms with Crippen molar-refractivity contribution < 1.29 is 33.4 Å². The molecule has 0 amide bonds. The van der Waals surface area contributed by atoms with Gasteiger partial charge in [-0.2, -0.15) is 5.06 Å². The average molecular weight is 520 g/mol. The summed E-state index contributed by atoms with van der Waals surface area (Å²) in [7, 11) is 0. The van der Waals surface area contributed by atoms with Crippen molar-refractivity contribution in [2.24, 2.45) is 34.5 Å². The summed E-state index contributed by atoms with van der Waals surface area (Å²) in [4.78, 5) is 32.1. The summed E-state index contributed by atoms with van der Waals surface area (Å²) in [6, 6.07) is 0. The molecule has 37 heavy (non-hydrogen) atoms. The summed E-state index contributed by atoms with van der Waals surface area (Å²) in [6.45, 7) is 3.98. The van der Waals surface area contributed by atoms with E-state index in [1.807, 2.05) is 12.0 Å². The Morgan fingerprint density at radius 3 is 2.62 bits per heavy atom. The van der Waals surface area contributed by atoms with Crippen molar-refractivity contribution in [3.63, 3.8) is 0 Å². The van der Waals surface area contributed by atoms with E-state index in [2.05, 4.69) is 0 Å². The molecule has 5 fully saturated rings. The molecule has 9 atom stereocenters. The smallest absolute Gasteiger partial charge is 0.192 e. The predicted molar refractivity (Wildman–Crippen MR) is 132 cm³/mol. The zero-order valence-electron chi connectivity index (χ0n) is 21.8. The van der Waals surface area contributed by atoms with E-state index in [0.717, 1.165) is 12.8 Å². The number of aliphatic hydroxyl groups excluding tert-OH is 2. The molecule has 6 rings (SSSR count). The Morgan fingerprint density at radius 2 is 1.92 bits per heavy atom. The van der Waals surface area contributed by atoms with Gasteiger partial charge in [-0.3, -0.25) is 14.4 Å². The molecular weight excluding hydrogens is 480 g/mol. The lowest BCUT2D eigenvalue weighted by Crippen LogP contribution is -2.70. The quantitative estimate of drug-likeness (QED) is 0.590. The van der Waals surface area contributed by atoms with E-state index in [0.29, 0.717) is 25.4 Å². The zero-order chi connectivity index (χ0) is 26.4. The lowest BCUT2D eigenvalue weighted by molar-refractivity contribution is -0.269. The first-order valence-corrected chi connectivity index (χ1v) is 14.1. The molecule has 204 valence electrons. The van der Waals surface area contributed by atoms with Crippen molar-refractivity contribution in [1.82, 2.24) is 5.06 Å². The first-order valence-electron chi connectivity index (χ1n) is 14.1. The molecule has 0 aromatic carbocycles. The molecule has 0 spiro atoms. The van der Waals surface area contributed by atoms with Crippen LogP contribution in [-0.2, 0) is 14.4 Å². The minimum Gasteiger partial charge on any atom is -0.390 e. The number of hydrogen-bond donors (Lipinski definition) is 2. The molecule has 5 aliphatic carbocycles. The summed E-state index contributed by atoms with van der Waals surface area (Å²) in [6.07, 6.45) is 7.03. The van der Waals surface area contributed by atoms with Gasteiger partial charge in [0.2, 0.25) is 0 Å². The van der Waals surface area contributed by atoms with Crippen LogP contribution < -0.4 is 0 Å². The van der Waals surface area contributed by atoms with Crippen molar-refractivity contribution in [3.8, 4) is 0 Å². The zero-order valence-corrected chi connectivity index (χ0v) is 21.8. The van der Waals surface area contributed by atoms with Gasteiger partial charge in [0.15, 0.2) is 22.8 Å². The van der Waals surface area contributed by atoms with Crippen molar-refractivity contribution in [3.05, 3.63) is 23.8 Å². The summed E-state index contributed by atoms with van der Waals surface area (Å²) < 4.78 is 33.1. The van der Waals surface area contributed by atoms with Crippen LogP contribution in [0.4, 0.5) is 8.78 Å². The van der Waals surface area contributed by atoms with Gasteiger partial charge in [-0.25, -0.2) is 8.78 Å². The van der Waals surface area contributed by atoms with Crippen LogP contribution >= 0.6 is 0 Å². The molecule has 4 saturated carbocycles. The van der Waals surface area contributed by atoms with Gasteiger partial charge in [-0.15, -0.1) is 0 Å². The molecule has 0 unspecified atom stereocenters. The molecule has 1 heterocycles. The molecule has 0 aromatic rings. The Kier molecular flexibility index (Phi) is 5.93. The highest BCUT2D eigenvalue weighted by atomic mass is 19.1. The predicted octanol–water partition coefficient (Wildman–Crippen LogP) is 3.66. The fraction of sp³-hybridized carbons (Fsp3) is 0.793. The van der Waals surface area contributed by atoms with Crippen molar-refractivity contribution in [2.75, 3.05) is 19.7 Å². The summed E-state index contributed by atoms with van der Waals surface area (Å²) in [5.74, 6) is -1.87. The highest BCUT2D eigenvalue weighted by molar-refractivity contribution is 6.01. The Morgan fingerprint density at radius 1 is 1.19 bits per heavy atom. The largest absolute Gasteiger partial charge is 0.390 e. The van der Waals surface area contributed by atoms with Gasteiger partial charge in [-0.05, 0) is 68.6 Å². The first kappa shape index (κ1) is 25.8. The highest BCUT2D eigenvalue weighted by Gasteiger charge is 2.79. The molecule has 6 aliphatic rings. The number of rotatable bonds is 4. The molecule has 8 heteroatoms. The van der Waals surface area contributed by atoms with Gasteiger partial charge in [0.25, 0.3) is 0 Å². The van der Waals surface area contributed by atoms with Gasteiger partial charge in [0.1, 0.15) is 12.8 Å². The molecule has 1 saturated heterocycles. The number of halogens is 2. The highest BCUT2D eigenvalue weighted by Crippen LogP contribution is 2.72. The van der Waals surface area contributed by atoms with Crippen LogP contribution in [0.5, 0.6) is 0 Å². The molecule has 1 aliphatic heterocycles. The summed E-state index contributed by atoms with van der Waals surface area (Å²) in [5.41, 5.74) is -5.89. The Hall–Kier alpha value is -1.48. The molecular formula is C29H39F2NO5. The van der Waals surface area contributed by atoms with E-state index in [-0.39, 0.29) is 30.1 Å².